The molecule has 126 valence electrons. The molecule has 4 rings (SSSR count). The molecule has 2 heterocycles. The molecule has 0 N–H and O–H groups in total. The number of rotatable bonds is 0. The Labute approximate surface area is 152 Å². The summed E-state index contributed by atoms with van der Waals surface area (Å²) in [5.74, 6) is 0.150. The molecule has 0 radical (unpaired) electrons. The van der Waals surface area contributed by atoms with E-state index in [-0.39, 0.29) is 5.91 Å². The number of pyridine rings is 1. The van der Waals surface area contributed by atoms with Crippen molar-refractivity contribution >= 4 is 35.2 Å². The summed E-state index contributed by atoms with van der Waals surface area (Å²) < 4.78 is 0. The Morgan fingerprint density at radius 3 is 2.64 bits per heavy atom. The van der Waals surface area contributed by atoms with Crippen LogP contribution in [-0.2, 0) is 4.79 Å². The number of hydrogen-bond acceptors (Lipinski definition) is 2. The molecular weight excluding hydrogens is 332 g/mol. The molecule has 2 aromatic rings. The molecule has 0 saturated carbocycles. The topological polar surface area (TPSA) is 33.2 Å². The summed E-state index contributed by atoms with van der Waals surface area (Å²) >= 11 is 6.22. The molecule has 3 nitrogen and oxygen atoms in total. The standard InChI is InChI=1S/C21H19ClN2O/c1-14(25)24-11-8-15(9-12-24)20-19-7-6-18(22)13-17(19)5-4-16-3-2-10-23-21(16)20/h2-7,10,13H,8-9,11-12H2,1H3. The third-order valence-electron chi connectivity index (χ3n) is 4.97. The summed E-state index contributed by atoms with van der Waals surface area (Å²) in [6.07, 6.45) is 7.83. The van der Waals surface area contributed by atoms with Crippen LogP contribution in [0.4, 0.5) is 0 Å². The second kappa shape index (κ2) is 6.49. The SMILES string of the molecule is CC(=O)N1CCC(=C2c3ccc(Cl)cc3C=Cc3cccnc32)CC1. The Morgan fingerprint density at radius 2 is 1.88 bits per heavy atom. The highest BCUT2D eigenvalue weighted by Crippen LogP contribution is 2.38. The fourth-order valence-electron chi connectivity index (χ4n) is 3.67. The Kier molecular flexibility index (Phi) is 4.18. The molecule has 1 aliphatic heterocycles. The number of carbonyl (C=O) groups excluding carboxylic acids is 1. The van der Waals surface area contributed by atoms with E-state index in [0.717, 1.165) is 47.8 Å². The van der Waals surface area contributed by atoms with E-state index in [4.69, 9.17) is 11.6 Å². The maximum Gasteiger partial charge on any atom is 0.219 e. The molecule has 1 aliphatic carbocycles. The van der Waals surface area contributed by atoms with Gasteiger partial charge in [0.05, 0.1) is 5.69 Å². The molecule has 1 fully saturated rings. The minimum absolute atomic E-state index is 0.150. The maximum atomic E-state index is 11.6. The number of likely N-dealkylation sites (tertiary alicyclic amines) is 1. The lowest BCUT2D eigenvalue weighted by molar-refractivity contribution is -0.129. The third-order valence-corrected chi connectivity index (χ3v) is 5.20. The summed E-state index contributed by atoms with van der Waals surface area (Å²) in [6.45, 7) is 3.18. The maximum absolute atomic E-state index is 11.6. The van der Waals surface area contributed by atoms with Gasteiger partial charge in [0.1, 0.15) is 0 Å². The van der Waals surface area contributed by atoms with Crippen molar-refractivity contribution in [2.45, 2.75) is 19.8 Å². The van der Waals surface area contributed by atoms with Crippen molar-refractivity contribution in [3.63, 3.8) is 0 Å². The fraction of sp³-hybridized carbons (Fsp3) is 0.238. The minimum atomic E-state index is 0.150. The zero-order valence-electron chi connectivity index (χ0n) is 14.1. The van der Waals surface area contributed by atoms with Crippen LogP contribution in [0.15, 0.2) is 42.1 Å². The molecule has 1 amide bonds. The average Bonchev–Trinajstić information content (AvgIpc) is 2.78. The lowest BCUT2D eigenvalue weighted by atomic mass is 9.88. The molecule has 1 aromatic heterocycles. The van der Waals surface area contributed by atoms with Crippen LogP contribution in [0.5, 0.6) is 0 Å². The first-order valence-electron chi connectivity index (χ1n) is 8.54. The Bertz CT molecular complexity index is 904. The molecule has 0 atom stereocenters. The van der Waals surface area contributed by atoms with Crippen LogP contribution in [-0.4, -0.2) is 28.9 Å². The number of fused-ring (bicyclic) bond motifs is 2. The van der Waals surface area contributed by atoms with E-state index >= 15 is 0 Å². The van der Waals surface area contributed by atoms with Crippen LogP contribution in [0, 0.1) is 0 Å². The highest BCUT2D eigenvalue weighted by atomic mass is 35.5. The highest BCUT2D eigenvalue weighted by molar-refractivity contribution is 6.30. The number of halogens is 1. The van der Waals surface area contributed by atoms with Crippen LogP contribution in [0.25, 0.3) is 17.7 Å². The number of hydrogen-bond donors (Lipinski definition) is 0. The van der Waals surface area contributed by atoms with Gasteiger partial charge in [-0.1, -0.05) is 41.5 Å². The predicted octanol–water partition coefficient (Wildman–Crippen LogP) is 4.66. The number of aromatic nitrogens is 1. The van der Waals surface area contributed by atoms with Crippen molar-refractivity contribution in [3.8, 4) is 0 Å². The van der Waals surface area contributed by atoms with Crippen molar-refractivity contribution in [3.05, 3.63) is 69.5 Å². The van der Waals surface area contributed by atoms with Crippen molar-refractivity contribution in [1.82, 2.24) is 9.88 Å². The summed E-state index contributed by atoms with van der Waals surface area (Å²) in [4.78, 5) is 18.3. The average molecular weight is 351 g/mol. The molecule has 2 aliphatic rings. The molecule has 0 spiro atoms. The van der Waals surface area contributed by atoms with Gasteiger partial charge in [0.2, 0.25) is 5.91 Å². The van der Waals surface area contributed by atoms with Crippen molar-refractivity contribution in [2.24, 2.45) is 0 Å². The van der Waals surface area contributed by atoms with Gasteiger partial charge >= 0.3 is 0 Å². The Balaban J connectivity index is 1.88. The Hall–Kier alpha value is -2.39. The first-order valence-corrected chi connectivity index (χ1v) is 8.92. The molecule has 1 aromatic carbocycles. The van der Waals surface area contributed by atoms with Crippen LogP contribution < -0.4 is 0 Å². The fourth-order valence-corrected chi connectivity index (χ4v) is 3.85. The number of piperidine rings is 1. The lowest BCUT2D eigenvalue weighted by Gasteiger charge is -2.29. The van der Waals surface area contributed by atoms with Gasteiger partial charge in [-0.15, -0.1) is 0 Å². The first-order chi connectivity index (χ1) is 12.1. The first kappa shape index (κ1) is 16.1. The molecular formula is C21H19ClN2O. The number of benzene rings is 1. The smallest absolute Gasteiger partial charge is 0.219 e. The van der Waals surface area contributed by atoms with Crippen LogP contribution in [0.1, 0.15) is 42.1 Å². The van der Waals surface area contributed by atoms with E-state index in [1.807, 2.05) is 29.3 Å². The van der Waals surface area contributed by atoms with E-state index in [1.54, 1.807) is 6.92 Å². The van der Waals surface area contributed by atoms with Gasteiger partial charge in [0.15, 0.2) is 0 Å². The Morgan fingerprint density at radius 1 is 1.12 bits per heavy atom. The van der Waals surface area contributed by atoms with Gasteiger partial charge in [-0.3, -0.25) is 9.78 Å². The molecule has 4 heteroatoms. The van der Waals surface area contributed by atoms with Crippen molar-refractivity contribution in [2.75, 3.05) is 13.1 Å². The van der Waals surface area contributed by atoms with Crippen LogP contribution in [0.2, 0.25) is 5.02 Å². The van der Waals surface area contributed by atoms with Gasteiger partial charge in [-0.2, -0.15) is 0 Å². The zero-order chi connectivity index (χ0) is 17.4. The molecule has 0 unspecified atom stereocenters. The van der Waals surface area contributed by atoms with E-state index in [1.165, 1.54) is 16.7 Å². The molecule has 1 saturated heterocycles. The van der Waals surface area contributed by atoms with E-state index in [9.17, 15) is 4.79 Å². The van der Waals surface area contributed by atoms with Gasteiger partial charge in [0.25, 0.3) is 0 Å². The second-order valence-corrected chi connectivity index (χ2v) is 6.93. The van der Waals surface area contributed by atoms with Gasteiger partial charge in [-0.25, -0.2) is 0 Å². The highest BCUT2D eigenvalue weighted by Gasteiger charge is 2.24. The monoisotopic (exact) mass is 350 g/mol. The predicted molar refractivity (Wildman–Crippen MR) is 102 cm³/mol. The second-order valence-electron chi connectivity index (χ2n) is 6.49. The molecule has 0 bridgehead atoms. The molecule has 25 heavy (non-hydrogen) atoms. The number of amides is 1. The summed E-state index contributed by atoms with van der Waals surface area (Å²) in [5.41, 5.74) is 6.99. The normalized spacial score (nSPS) is 16.3. The van der Waals surface area contributed by atoms with E-state index in [2.05, 4.69) is 29.3 Å². The van der Waals surface area contributed by atoms with E-state index < -0.39 is 0 Å². The van der Waals surface area contributed by atoms with Crippen LogP contribution in [0.3, 0.4) is 0 Å². The van der Waals surface area contributed by atoms with Gasteiger partial charge in [0, 0.05) is 42.4 Å². The van der Waals surface area contributed by atoms with Crippen LogP contribution >= 0.6 is 11.6 Å². The van der Waals surface area contributed by atoms with Gasteiger partial charge < -0.3 is 4.90 Å². The number of carbonyl (C=O) groups is 1. The minimum Gasteiger partial charge on any atom is -0.342 e. The largest absolute Gasteiger partial charge is 0.342 e. The third kappa shape index (κ3) is 3.00. The quantitative estimate of drug-likeness (QED) is 0.590. The van der Waals surface area contributed by atoms with E-state index in [0.29, 0.717) is 0 Å². The summed E-state index contributed by atoms with van der Waals surface area (Å²) in [7, 11) is 0. The summed E-state index contributed by atoms with van der Waals surface area (Å²) in [6, 6.07) is 10.1. The summed E-state index contributed by atoms with van der Waals surface area (Å²) in [5, 5.41) is 0.734. The number of nitrogens with zero attached hydrogens (tertiary/aromatic N) is 2. The zero-order valence-corrected chi connectivity index (χ0v) is 14.9. The van der Waals surface area contributed by atoms with Gasteiger partial charge in [-0.05, 0) is 42.2 Å². The lowest BCUT2D eigenvalue weighted by Crippen LogP contribution is -2.34. The van der Waals surface area contributed by atoms with Crippen molar-refractivity contribution in [1.29, 1.82) is 0 Å². The van der Waals surface area contributed by atoms with Crippen molar-refractivity contribution < 1.29 is 4.79 Å².